The van der Waals surface area contributed by atoms with Crippen LogP contribution >= 0.6 is 30.9 Å². The number of hydrogen-bond donors (Lipinski definition) is 1. The molecule has 0 heterocycles. The maximum atomic E-state index is 12.5. The Kier molecular flexibility index (Phi) is 7.68. The molecule has 0 spiro atoms. The average molecular weight is 329 g/mol. The van der Waals surface area contributed by atoms with Crippen molar-refractivity contribution in [2.75, 3.05) is 25.0 Å². The lowest BCUT2D eigenvalue weighted by atomic mass is 9.84. The predicted octanol–water partition coefficient (Wildman–Crippen LogP) is 3.42. The van der Waals surface area contributed by atoms with Crippen LogP contribution in [0.25, 0.3) is 0 Å². The van der Waals surface area contributed by atoms with Gasteiger partial charge in [-0.1, -0.05) is 19.3 Å². The molecule has 1 N–H and O–H groups in total. The summed E-state index contributed by atoms with van der Waals surface area (Å²) in [5.41, 5.74) is -0.841. The van der Waals surface area contributed by atoms with Crippen LogP contribution in [-0.4, -0.2) is 30.5 Å². The van der Waals surface area contributed by atoms with Gasteiger partial charge in [-0.2, -0.15) is 5.26 Å². The minimum Gasteiger partial charge on any atom is -0.295 e. The zero-order chi connectivity index (χ0) is 14.2. The molecule has 0 aliphatic heterocycles. The second-order valence-corrected chi connectivity index (χ2v) is 6.90. The summed E-state index contributed by atoms with van der Waals surface area (Å²) in [5.74, 6) is 0.408. The molecule has 0 atom stereocenters. The van der Waals surface area contributed by atoms with Gasteiger partial charge in [0.1, 0.15) is 5.54 Å². The molecule has 0 bridgehead atoms. The Labute approximate surface area is 124 Å². The molecule has 0 saturated heterocycles. The quantitative estimate of drug-likeness (QED) is 0.546. The highest BCUT2D eigenvalue weighted by Gasteiger charge is 2.40. The first kappa shape index (κ1) is 17.2. The van der Waals surface area contributed by atoms with E-state index in [1.54, 1.807) is 0 Å². The molecular formula is C11H19Cl2N2O3P. The van der Waals surface area contributed by atoms with Gasteiger partial charge in [0, 0.05) is 11.8 Å². The van der Waals surface area contributed by atoms with Gasteiger partial charge in [-0.3, -0.25) is 9.05 Å². The lowest BCUT2D eigenvalue weighted by Crippen LogP contribution is -2.44. The predicted molar refractivity (Wildman–Crippen MR) is 75.5 cm³/mol. The first-order valence-electron chi connectivity index (χ1n) is 6.31. The summed E-state index contributed by atoms with van der Waals surface area (Å²) in [7, 11) is -3.54. The highest BCUT2D eigenvalue weighted by Crippen LogP contribution is 2.48. The second kappa shape index (κ2) is 8.46. The van der Waals surface area contributed by atoms with E-state index >= 15 is 0 Å². The largest absolute Gasteiger partial charge is 0.406 e. The minimum atomic E-state index is -3.54. The highest BCUT2D eigenvalue weighted by molar-refractivity contribution is 7.51. The van der Waals surface area contributed by atoms with Gasteiger partial charge < -0.3 is 0 Å². The van der Waals surface area contributed by atoms with Gasteiger partial charge in [-0.15, -0.1) is 23.2 Å². The van der Waals surface area contributed by atoms with Gasteiger partial charge in [-0.25, -0.2) is 9.65 Å². The molecule has 0 radical (unpaired) electrons. The Hall–Kier alpha value is 0.180. The summed E-state index contributed by atoms with van der Waals surface area (Å²) in [5, 5.41) is 12.2. The summed E-state index contributed by atoms with van der Waals surface area (Å²) in [4.78, 5) is 0. The average Bonchev–Trinajstić information content (AvgIpc) is 2.44. The smallest absolute Gasteiger partial charge is 0.295 e. The third-order valence-electron chi connectivity index (χ3n) is 2.95. The Bertz CT molecular complexity index is 344. The molecule has 19 heavy (non-hydrogen) atoms. The van der Waals surface area contributed by atoms with E-state index in [2.05, 4.69) is 11.2 Å². The maximum Gasteiger partial charge on any atom is 0.406 e. The molecule has 1 aliphatic rings. The van der Waals surface area contributed by atoms with Crippen molar-refractivity contribution < 1.29 is 13.6 Å². The number of alkyl halides is 2. The number of nitriles is 1. The Balaban J connectivity index is 2.73. The molecule has 0 aromatic rings. The van der Waals surface area contributed by atoms with Gasteiger partial charge in [0.15, 0.2) is 0 Å². The van der Waals surface area contributed by atoms with Gasteiger partial charge >= 0.3 is 7.75 Å². The minimum absolute atomic E-state index is 0.0929. The number of rotatable bonds is 8. The fourth-order valence-corrected chi connectivity index (χ4v) is 4.11. The number of nitrogens with one attached hydrogen (secondary N) is 1. The van der Waals surface area contributed by atoms with Crippen molar-refractivity contribution in [3.8, 4) is 6.07 Å². The van der Waals surface area contributed by atoms with Crippen LogP contribution in [-0.2, 0) is 13.6 Å². The Morgan fingerprint density at radius 2 is 1.68 bits per heavy atom. The molecule has 0 unspecified atom stereocenters. The summed E-state index contributed by atoms with van der Waals surface area (Å²) in [6.45, 7) is 0.186. The molecule has 1 saturated carbocycles. The van der Waals surface area contributed by atoms with Crippen LogP contribution in [0.1, 0.15) is 32.1 Å². The fourth-order valence-electron chi connectivity index (χ4n) is 2.08. The molecule has 8 heteroatoms. The van der Waals surface area contributed by atoms with Gasteiger partial charge in [0.2, 0.25) is 0 Å². The molecule has 0 aromatic carbocycles. The zero-order valence-electron chi connectivity index (χ0n) is 10.7. The van der Waals surface area contributed by atoms with E-state index in [0.717, 1.165) is 19.3 Å². The lowest BCUT2D eigenvalue weighted by molar-refractivity contribution is 0.195. The standard InChI is InChI=1S/C11H19Cl2N2O3P/c12-6-8-17-19(16,18-9-7-13)15-11(10-14)4-2-1-3-5-11/h1-9H2,(H,15,16). The molecular weight excluding hydrogens is 310 g/mol. The molecule has 0 aromatic heterocycles. The number of halogens is 2. The van der Waals surface area contributed by atoms with Gasteiger partial charge in [0.25, 0.3) is 0 Å². The molecule has 110 valence electrons. The van der Waals surface area contributed by atoms with E-state index in [-0.39, 0.29) is 25.0 Å². The summed E-state index contributed by atoms with van der Waals surface area (Å²) >= 11 is 11.1. The second-order valence-electron chi connectivity index (χ2n) is 4.41. The van der Waals surface area contributed by atoms with Crippen LogP contribution in [0.2, 0.25) is 0 Å². The SMILES string of the molecule is N#CC1(NP(=O)(OCCCl)OCCCl)CCCCC1. The van der Waals surface area contributed by atoms with Crippen molar-refractivity contribution in [3.05, 3.63) is 0 Å². The summed E-state index contributed by atoms with van der Waals surface area (Å²) in [6, 6.07) is 2.22. The number of nitrogens with zero attached hydrogens (tertiary/aromatic N) is 1. The van der Waals surface area contributed by atoms with Gasteiger partial charge in [0.05, 0.1) is 19.3 Å². The summed E-state index contributed by atoms with van der Waals surface area (Å²) < 4.78 is 22.9. The van der Waals surface area contributed by atoms with E-state index < -0.39 is 13.3 Å². The van der Waals surface area contributed by atoms with Crippen LogP contribution in [0.15, 0.2) is 0 Å². The Morgan fingerprint density at radius 1 is 1.16 bits per heavy atom. The third-order valence-corrected chi connectivity index (χ3v) is 5.00. The molecule has 5 nitrogen and oxygen atoms in total. The summed E-state index contributed by atoms with van der Waals surface area (Å²) in [6.07, 6.45) is 4.21. The van der Waals surface area contributed by atoms with Crippen LogP contribution in [0.5, 0.6) is 0 Å². The van der Waals surface area contributed by atoms with E-state index in [0.29, 0.717) is 12.8 Å². The lowest BCUT2D eigenvalue weighted by Gasteiger charge is -2.34. The maximum absolute atomic E-state index is 12.5. The van der Waals surface area contributed by atoms with Crippen molar-refractivity contribution in [1.82, 2.24) is 5.09 Å². The topological polar surface area (TPSA) is 71.4 Å². The van der Waals surface area contributed by atoms with E-state index in [9.17, 15) is 9.83 Å². The zero-order valence-corrected chi connectivity index (χ0v) is 13.1. The first-order chi connectivity index (χ1) is 9.10. The highest BCUT2D eigenvalue weighted by atomic mass is 35.5. The van der Waals surface area contributed by atoms with Crippen molar-refractivity contribution in [2.45, 2.75) is 37.6 Å². The monoisotopic (exact) mass is 328 g/mol. The molecule has 1 rings (SSSR count). The van der Waals surface area contributed by atoms with Crippen molar-refractivity contribution in [1.29, 1.82) is 5.26 Å². The van der Waals surface area contributed by atoms with Crippen molar-refractivity contribution >= 4 is 30.9 Å². The fraction of sp³-hybridized carbons (Fsp3) is 0.909. The Morgan fingerprint density at radius 3 is 2.11 bits per heavy atom. The normalized spacial score (nSPS) is 19.0. The van der Waals surface area contributed by atoms with Gasteiger partial charge in [-0.05, 0) is 12.8 Å². The molecule has 1 fully saturated rings. The van der Waals surface area contributed by atoms with Crippen molar-refractivity contribution in [2.24, 2.45) is 0 Å². The van der Waals surface area contributed by atoms with Crippen LogP contribution in [0.3, 0.4) is 0 Å². The third kappa shape index (κ3) is 5.59. The first-order valence-corrected chi connectivity index (χ1v) is 8.93. The molecule has 1 aliphatic carbocycles. The van der Waals surface area contributed by atoms with Crippen LogP contribution < -0.4 is 5.09 Å². The van der Waals surface area contributed by atoms with Crippen molar-refractivity contribution in [3.63, 3.8) is 0 Å². The molecule has 0 amide bonds. The van der Waals surface area contributed by atoms with E-state index in [1.807, 2.05) is 0 Å². The van der Waals surface area contributed by atoms with E-state index in [4.69, 9.17) is 32.2 Å². The van der Waals surface area contributed by atoms with Crippen LogP contribution in [0.4, 0.5) is 0 Å². The van der Waals surface area contributed by atoms with Crippen LogP contribution in [0, 0.1) is 11.3 Å². The van der Waals surface area contributed by atoms with E-state index in [1.165, 1.54) is 0 Å². The number of hydrogen-bond acceptors (Lipinski definition) is 4.